The molecule has 7 heteroatoms. The van der Waals surface area contributed by atoms with E-state index in [1.807, 2.05) is 46.8 Å². The van der Waals surface area contributed by atoms with Crippen LogP contribution in [0.3, 0.4) is 0 Å². The zero-order valence-electron chi connectivity index (χ0n) is 19.2. The Morgan fingerprint density at radius 1 is 0.886 bits per heavy atom. The van der Waals surface area contributed by atoms with Crippen LogP contribution in [0.5, 0.6) is 5.88 Å². The summed E-state index contributed by atoms with van der Waals surface area (Å²) in [6.07, 6.45) is 5.47. The first-order chi connectivity index (χ1) is 17.2. The summed E-state index contributed by atoms with van der Waals surface area (Å²) in [6, 6.07) is 24.8. The Morgan fingerprint density at radius 3 is 2.46 bits per heavy atom. The third-order valence-electron chi connectivity index (χ3n) is 6.33. The summed E-state index contributed by atoms with van der Waals surface area (Å²) < 4.78 is 9.05. The second kappa shape index (κ2) is 8.12. The molecule has 0 amide bonds. The van der Waals surface area contributed by atoms with Crippen LogP contribution >= 0.6 is 0 Å². The smallest absolute Gasteiger partial charge is 0.226 e. The molecule has 0 aliphatic rings. The van der Waals surface area contributed by atoms with Crippen LogP contribution in [0.25, 0.3) is 49.5 Å². The van der Waals surface area contributed by atoms with E-state index in [2.05, 4.69) is 58.5 Å². The second-order valence-corrected chi connectivity index (χ2v) is 8.25. The predicted molar refractivity (Wildman–Crippen MR) is 136 cm³/mol. The van der Waals surface area contributed by atoms with E-state index in [9.17, 15) is 5.26 Å². The largest absolute Gasteiger partial charge is 0.481 e. The van der Waals surface area contributed by atoms with Gasteiger partial charge in [-0.25, -0.2) is 4.98 Å². The molecule has 0 spiro atoms. The Labute approximate surface area is 200 Å². The van der Waals surface area contributed by atoms with Gasteiger partial charge in [0.1, 0.15) is 0 Å². The molecule has 0 atom stereocenters. The highest BCUT2D eigenvalue weighted by Crippen LogP contribution is 2.31. The van der Waals surface area contributed by atoms with Gasteiger partial charge >= 0.3 is 0 Å². The van der Waals surface area contributed by atoms with Gasteiger partial charge in [0, 0.05) is 18.5 Å². The zero-order valence-corrected chi connectivity index (χ0v) is 19.2. The lowest BCUT2D eigenvalue weighted by molar-refractivity contribution is 0.398. The normalized spacial score (nSPS) is 11.9. The SMILES string of the molecule is COc1ccc(-n2c(=NC#N)n(C)c3cnc4ccc(-c5ccc6ccccc6c5)cc4c32)cn1. The third-order valence-corrected chi connectivity index (χ3v) is 6.33. The quantitative estimate of drug-likeness (QED) is 0.346. The van der Waals surface area contributed by atoms with Gasteiger partial charge in [-0.1, -0.05) is 42.5 Å². The van der Waals surface area contributed by atoms with Crippen molar-refractivity contribution >= 4 is 32.7 Å². The number of benzene rings is 3. The summed E-state index contributed by atoms with van der Waals surface area (Å²) in [7, 11) is 3.46. The number of nitrogens with zero attached hydrogens (tertiary/aromatic N) is 6. The Hall–Kier alpha value is -4.96. The van der Waals surface area contributed by atoms with Gasteiger partial charge in [-0.3, -0.25) is 9.55 Å². The average molecular weight is 457 g/mol. The fourth-order valence-electron chi connectivity index (χ4n) is 4.59. The number of imidazole rings is 1. The van der Waals surface area contributed by atoms with Gasteiger partial charge in [-0.15, -0.1) is 4.99 Å². The van der Waals surface area contributed by atoms with Crippen LogP contribution in [0, 0.1) is 11.5 Å². The van der Waals surface area contributed by atoms with E-state index >= 15 is 0 Å². The molecule has 0 unspecified atom stereocenters. The molecule has 0 bridgehead atoms. The predicted octanol–water partition coefficient (Wildman–Crippen LogP) is 5.12. The van der Waals surface area contributed by atoms with Gasteiger partial charge < -0.3 is 9.30 Å². The van der Waals surface area contributed by atoms with Crippen molar-refractivity contribution in [1.29, 1.82) is 5.26 Å². The first kappa shape index (κ1) is 20.6. The lowest BCUT2D eigenvalue weighted by Crippen LogP contribution is -2.22. The minimum absolute atomic E-state index is 0.486. The molecular formula is C28H20N6O. The van der Waals surface area contributed by atoms with E-state index in [-0.39, 0.29) is 0 Å². The topological polar surface area (TPSA) is 81.0 Å². The van der Waals surface area contributed by atoms with Crippen molar-refractivity contribution < 1.29 is 4.74 Å². The number of hydrogen-bond donors (Lipinski definition) is 0. The fraction of sp³-hybridized carbons (Fsp3) is 0.0714. The standard InChI is InChI=1S/C28H20N6O/c1-33-25-16-30-24-11-9-21(20-8-7-18-5-3-4-6-19(18)13-20)14-23(24)27(25)34(28(33)32-17-29)22-10-12-26(35-2)31-15-22/h3-16H,1-2H3. The highest BCUT2D eigenvalue weighted by Gasteiger charge is 2.16. The van der Waals surface area contributed by atoms with Crippen LogP contribution in [0.1, 0.15) is 0 Å². The molecule has 6 aromatic rings. The molecule has 3 heterocycles. The Bertz CT molecular complexity index is 1860. The number of methoxy groups -OCH3 is 1. The number of aryl methyl sites for hydroxylation is 1. The van der Waals surface area contributed by atoms with Crippen molar-refractivity contribution in [2.24, 2.45) is 12.0 Å². The summed E-state index contributed by atoms with van der Waals surface area (Å²) >= 11 is 0. The highest BCUT2D eigenvalue weighted by molar-refractivity contribution is 6.05. The summed E-state index contributed by atoms with van der Waals surface area (Å²) in [5, 5.41) is 12.8. The molecule has 0 aliphatic carbocycles. The van der Waals surface area contributed by atoms with E-state index in [1.165, 1.54) is 10.8 Å². The second-order valence-electron chi connectivity index (χ2n) is 8.25. The molecule has 0 aliphatic heterocycles. The van der Waals surface area contributed by atoms with Crippen molar-refractivity contribution in [3.8, 4) is 28.9 Å². The van der Waals surface area contributed by atoms with E-state index in [0.29, 0.717) is 11.5 Å². The summed E-state index contributed by atoms with van der Waals surface area (Å²) in [5.41, 5.74) is 6.08. The third kappa shape index (κ3) is 3.31. The van der Waals surface area contributed by atoms with Crippen LogP contribution in [-0.4, -0.2) is 26.2 Å². The lowest BCUT2D eigenvalue weighted by Gasteiger charge is -2.09. The van der Waals surface area contributed by atoms with Crippen molar-refractivity contribution in [3.05, 3.63) is 90.8 Å². The molecule has 3 aromatic heterocycles. The first-order valence-electron chi connectivity index (χ1n) is 11.1. The summed E-state index contributed by atoms with van der Waals surface area (Å²) in [5.74, 6) is 0.512. The summed E-state index contributed by atoms with van der Waals surface area (Å²) in [6.45, 7) is 0. The maximum absolute atomic E-state index is 9.42. The van der Waals surface area contributed by atoms with Gasteiger partial charge in [-0.05, 0) is 46.2 Å². The van der Waals surface area contributed by atoms with Crippen LogP contribution in [-0.2, 0) is 7.05 Å². The van der Waals surface area contributed by atoms with Crippen LogP contribution in [0.2, 0.25) is 0 Å². The Morgan fingerprint density at radius 2 is 1.69 bits per heavy atom. The van der Waals surface area contributed by atoms with Gasteiger partial charge in [0.2, 0.25) is 17.7 Å². The minimum Gasteiger partial charge on any atom is -0.481 e. The van der Waals surface area contributed by atoms with E-state index in [4.69, 9.17) is 9.72 Å². The first-order valence-corrected chi connectivity index (χ1v) is 11.1. The molecule has 6 rings (SSSR count). The minimum atomic E-state index is 0.486. The van der Waals surface area contributed by atoms with Crippen molar-refractivity contribution in [2.45, 2.75) is 0 Å². The molecule has 35 heavy (non-hydrogen) atoms. The zero-order chi connectivity index (χ0) is 23.9. The van der Waals surface area contributed by atoms with Crippen molar-refractivity contribution in [2.75, 3.05) is 7.11 Å². The monoisotopic (exact) mass is 456 g/mol. The highest BCUT2D eigenvalue weighted by atomic mass is 16.5. The van der Waals surface area contributed by atoms with E-state index in [0.717, 1.165) is 38.8 Å². The number of aromatic nitrogens is 4. The number of pyridine rings is 2. The molecule has 168 valence electrons. The van der Waals surface area contributed by atoms with Crippen LogP contribution in [0.4, 0.5) is 0 Å². The lowest BCUT2D eigenvalue weighted by atomic mass is 9.99. The molecule has 0 N–H and O–H groups in total. The fourth-order valence-corrected chi connectivity index (χ4v) is 4.59. The van der Waals surface area contributed by atoms with Crippen LogP contribution in [0.15, 0.2) is 90.2 Å². The molecule has 0 saturated carbocycles. The van der Waals surface area contributed by atoms with Gasteiger partial charge in [0.15, 0.2) is 0 Å². The van der Waals surface area contributed by atoms with E-state index in [1.54, 1.807) is 19.4 Å². The van der Waals surface area contributed by atoms with Gasteiger partial charge in [-0.2, -0.15) is 5.26 Å². The molecule has 0 radical (unpaired) electrons. The molecule has 0 saturated heterocycles. The summed E-state index contributed by atoms with van der Waals surface area (Å²) in [4.78, 5) is 13.2. The van der Waals surface area contributed by atoms with Gasteiger partial charge in [0.25, 0.3) is 0 Å². The van der Waals surface area contributed by atoms with Crippen molar-refractivity contribution in [3.63, 3.8) is 0 Å². The average Bonchev–Trinajstić information content (AvgIpc) is 3.20. The Balaban J connectivity index is 1.67. The molecule has 3 aromatic carbocycles. The maximum Gasteiger partial charge on any atom is 0.226 e. The number of ether oxygens (including phenoxy) is 1. The molecule has 0 fully saturated rings. The molecule has 7 nitrogen and oxygen atoms in total. The van der Waals surface area contributed by atoms with E-state index < -0.39 is 0 Å². The molecular weight excluding hydrogens is 436 g/mol. The number of hydrogen-bond acceptors (Lipinski definition) is 5. The van der Waals surface area contributed by atoms with Crippen molar-refractivity contribution in [1.82, 2.24) is 19.1 Å². The number of rotatable bonds is 3. The van der Waals surface area contributed by atoms with Crippen LogP contribution < -0.4 is 10.4 Å². The maximum atomic E-state index is 9.42. The van der Waals surface area contributed by atoms with Gasteiger partial charge in [0.05, 0.1) is 41.7 Å². The number of fused-ring (bicyclic) bond motifs is 4. The Kier molecular flexibility index (Phi) is 4.78. The number of nitriles is 1.